The van der Waals surface area contributed by atoms with E-state index in [1.165, 1.54) is 21.9 Å². The molecule has 1 aliphatic heterocycles. The smallest absolute Gasteiger partial charge is 0.267 e. The van der Waals surface area contributed by atoms with Crippen molar-refractivity contribution in [3.63, 3.8) is 0 Å². The number of carbonyl (C=O) groups excluding carboxylic acids is 1. The average Bonchev–Trinajstić information content (AvgIpc) is 3.06. The molecule has 6 heteroatoms. The second-order valence-corrected chi connectivity index (χ2v) is 7.76. The average molecular weight is 368 g/mol. The molecule has 0 radical (unpaired) electrons. The van der Waals surface area contributed by atoms with Crippen molar-refractivity contribution in [2.45, 2.75) is 39.3 Å². The molecule has 0 N–H and O–H groups in total. The maximum absolute atomic E-state index is 12.9. The first kappa shape index (κ1) is 19.3. The summed E-state index contributed by atoms with van der Waals surface area (Å²) in [5.74, 6) is 0.197. The van der Waals surface area contributed by atoms with Crippen LogP contribution in [-0.4, -0.2) is 58.7 Å². The van der Waals surface area contributed by atoms with Gasteiger partial charge < -0.3 is 9.80 Å². The molecule has 1 aliphatic rings. The third kappa shape index (κ3) is 4.11. The Hall–Kier alpha value is -2.47. The second-order valence-electron chi connectivity index (χ2n) is 7.76. The normalized spacial score (nSPS) is 19.7. The molecule has 0 spiro atoms. The Balaban J connectivity index is 1.79. The summed E-state index contributed by atoms with van der Waals surface area (Å²) in [5, 5.41) is 4.27. The molecule has 1 saturated heterocycles. The van der Waals surface area contributed by atoms with Gasteiger partial charge in [-0.15, -0.1) is 0 Å². The predicted molar refractivity (Wildman–Crippen MR) is 106 cm³/mol. The number of hydrogen-bond donors (Lipinski definition) is 0. The number of aromatic nitrogens is 2. The first-order valence-corrected chi connectivity index (χ1v) is 9.32. The van der Waals surface area contributed by atoms with Crippen molar-refractivity contribution in [3.05, 3.63) is 63.1 Å². The maximum Gasteiger partial charge on any atom is 0.267 e. The minimum absolute atomic E-state index is 0.0132. The van der Waals surface area contributed by atoms with Crippen LogP contribution in [0.5, 0.6) is 0 Å². The predicted octanol–water partition coefficient (Wildman–Crippen LogP) is 1.72. The molecule has 2 atom stereocenters. The molecule has 2 heterocycles. The molecule has 3 rings (SSSR count). The highest BCUT2D eigenvalue weighted by molar-refractivity contribution is 5.76. The van der Waals surface area contributed by atoms with Gasteiger partial charge in [0.1, 0.15) is 6.54 Å². The molecule has 0 aliphatic carbocycles. The highest BCUT2D eigenvalue weighted by atomic mass is 16.2. The van der Waals surface area contributed by atoms with E-state index < -0.39 is 0 Å². The number of aryl methyl sites for hydroxylation is 3. The Labute approximate surface area is 160 Å². The van der Waals surface area contributed by atoms with Crippen LogP contribution in [0.4, 0.5) is 0 Å². The number of hydrogen-bond acceptors (Lipinski definition) is 4. The first-order valence-electron chi connectivity index (χ1n) is 9.32. The fourth-order valence-corrected chi connectivity index (χ4v) is 3.67. The van der Waals surface area contributed by atoms with Gasteiger partial charge in [-0.25, -0.2) is 4.68 Å². The van der Waals surface area contributed by atoms with E-state index in [1.807, 2.05) is 18.7 Å². The number of amides is 1. The summed E-state index contributed by atoms with van der Waals surface area (Å²) in [5.41, 5.74) is 3.86. The lowest BCUT2D eigenvalue weighted by molar-refractivity contribution is -0.131. The van der Waals surface area contributed by atoms with E-state index in [2.05, 4.69) is 55.3 Å². The van der Waals surface area contributed by atoms with Gasteiger partial charge in [-0.3, -0.25) is 9.59 Å². The monoisotopic (exact) mass is 368 g/mol. The molecular weight excluding hydrogens is 340 g/mol. The summed E-state index contributed by atoms with van der Waals surface area (Å²) in [6.07, 6.45) is 0. The standard InChI is InChI=1S/C21H28N4O2/c1-14-6-8-17(9-7-14)18-11-24(12-19(18)23(4)5)21(27)13-25-20(26)10-15(2)16(3)22-25/h6-10,18-19H,11-13H2,1-5H3/t18-,19+/m0/s1. The molecule has 144 valence electrons. The Morgan fingerprint density at radius 3 is 2.44 bits per heavy atom. The number of nitrogens with zero attached hydrogens (tertiary/aromatic N) is 4. The van der Waals surface area contributed by atoms with Crippen LogP contribution in [0, 0.1) is 20.8 Å². The highest BCUT2D eigenvalue weighted by Crippen LogP contribution is 2.30. The second kappa shape index (κ2) is 7.64. The largest absolute Gasteiger partial charge is 0.339 e. The molecular formula is C21H28N4O2. The zero-order valence-electron chi connectivity index (χ0n) is 16.8. The van der Waals surface area contributed by atoms with Crippen molar-refractivity contribution in [2.75, 3.05) is 27.2 Å². The quantitative estimate of drug-likeness (QED) is 0.825. The van der Waals surface area contributed by atoms with Crippen molar-refractivity contribution in [2.24, 2.45) is 0 Å². The summed E-state index contributed by atoms with van der Waals surface area (Å²) in [7, 11) is 4.10. The minimum atomic E-state index is -0.232. The number of likely N-dealkylation sites (tertiary alicyclic amines) is 1. The third-order valence-corrected chi connectivity index (χ3v) is 5.53. The number of likely N-dealkylation sites (N-methyl/N-ethyl adjacent to an activating group) is 1. The first-order chi connectivity index (χ1) is 12.8. The summed E-state index contributed by atoms with van der Waals surface area (Å²) in [4.78, 5) is 29.1. The molecule has 1 aromatic carbocycles. The molecule has 1 amide bonds. The number of rotatable bonds is 4. The van der Waals surface area contributed by atoms with E-state index in [-0.39, 0.29) is 30.0 Å². The van der Waals surface area contributed by atoms with Gasteiger partial charge in [-0.05, 0) is 46.0 Å². The Kier molecular flexibility index (Phi) is 5.46. The fourth-order valence-electron chi connectivity index (χ4n) is 3.67. The van der Waals surface area contributed by atoms with Crippen LogP contribution in [0.2, 0.25) is 0 Å². The zero-order chi connectivity index (χ0) is 19.7. The van der Waals surface area contributed by atoms with E-state index in [9.17, 15) is 9.59 Å². The van der Waals surface area contributed by atoms with Gasteiger partial charge in [0.2, 0.25) is 5.91 Å². The van der Waals surface area contributed by atoms with Crippen molar-refractivity contribution in [3.8, 4) is 0 Å². The van der Waals surface area contributed by atoms with E-state index in [0.717, 1.165) is 11.3 Å². The van der Waals surface area contributed by atoms with E-state index in [1.54, 1.807) is 0 Å². The molecule has 0 bridgehead atoms. The van der Waals surface area contributed by atoms with Crippen LogP contribution < -0.4 is 5.56 Å². The van der Waals surface area contributed by atoms with E-state index >= 15 is 0 Å². The fraction of sp³-hybridized carbons (Fsp3) is 0.476. The summed E-state index contributed by atoms with van der Waals surface area (Å²) in [6, 6.07) is 10.3. The maximum atomic E-state index is 12.9. The summed E-state index contributed by atoms with van der Waals surface area (Å²) >= 11 is 0. The van der Waals surface area contributed by atoms with Gasteiger partial charge in [0.15, 0.2) is 0 Å². The molecule has 27 heavy (non-hydrogen) atoms. The summed E-state index contributed by atoms with van der Waals surface area (Å²) < 4.78 is 1.27. The molecule has 0 unspecified atom stereocenters. The highest BCUT2D eigenvalue weighted by Gasteiger charge is 2.37. The molecule has 6 nitrogen and oxygen atoms in total. The van der Waals surface area contributed by atoms with Crippen molar-refractivity contribution in [1.82, 2.24) is 19.6 Å². The van der Waals surface area contributed by atoms with Crippen LogP contribution in [0.1, 0.15) is 28.3 Å². The zero-order valence-corrected chi connectivity index (χ0v) is 16.8. The SMILES string of the molecule is Cc1ccc([C@@H]2CN(C(=O)Cn3nc(C)c(C)cc3=O)C[C@H]2N(C)C)cc1. The van der Waals surface area contributed by atoms with Crippen LogP contribution in [0.25, 0.3) is 0 Å². The van der Waals surface area contributed by atoms with Crippen molar-refractivity contribution >= 4 is 5.91 Å². The van der Waals surface area contributed by atoms with Gasteiger partial charge in [0.05, 0.1) is 5.69 Å². The van der Waals surface area contributed by atoms with Crippen LogP contribution in [0.15, 0.2) is 35.1 Å². The lowest BCUT2D eigenvalue weighted by Gasteiger charge is -2.25. The van der Waals surface area contributed by atoms with Gasteiger partial charge in [0, 0.05) is 31.1 Å². The topological polar surface area (TPSA) is 58.4 Å². The van der Waals surface area contributed by atoms with Crippen LogP contribution in [-0.2, 0) is 11.3 Å². The van der Waals surface area contributed by atoms with E-state index in [0.29, 0.717) is 13.1 Å². The Morgan fingerprint density at radius 2 is 1.81 bits per heavy atom. The lowest BCUT2D eigenvalue weighted by atomic mass is 9.93. The van der Waals surface area contributed by atoms with E-state index in [4.69, 9.17) is 0 Å². The molecule has 1 aromatic heterocycles. The number of benzene rings is 1. The van der Waals surface area contributed by atoms with Gasteiger partial charge in [-0.2, -0.15) is 5.10 Å². The van der Waals surface area contributed by atoms with Gasteiger partial charge in [-0.1, -0.05) is 29.8 Å². The minimum Gasteiger partial charge on any atom is -0.339 e. The number of carbonyl (C=O) groups is 1. The summed E-state index contributed by atoms with van der Waals surface area (Å²) in [6.45, 7) is 7.08. The van der Waals surface area contributed by atoms with Crippen molar-refractivity contribution in [1.29, 1.82) is 0 Å². The van der Waals surface area contributed by atoms with Crippen LogP contribution in [0.3, 0.4) is 0 Å². The molecule has 1 fully saturated rings. The van der Waals surface area contributed by atoms with Crippen molar-refractivity contribution < 1.29 is 4.79 Å². The Bertz CT molecular complexity index is 886. The lowest BCUT2D eigenvalue weighted by Crippen LogP contribution is -2.38. The van der Waals surface area contributed by atoms with Gasteiger partial charge in [0.25, 0.3) is 5.56 Å². The van der Waals surface area contributed by atoms with Crippen LogP contribution >= 0.6 is 0 Å². The Morgan fingerprint density at radius 1 is 1.15 bits per heavy atom. The molecule has 2 aromatic rings. The molecule has 0 saturated carbocycles. The van der Waals surface area contributed by atoms with Gasteiger partial charge >= 0.3 is 0 Å². The third-order valence-electron chi connectivity index (χ3n) is 5.53.